The van der Waals surface area contributed by atoms with Crippen molar-refractivity contribution >= 4 is 11.8 Å². The number of piperidine rings is 2. The summed E-state index contributed by atoms with van der Waals surface area (Å²) >= 11 is 0. The Morgan fingerprint density at radius 3 is 2.39 bits per heavy atom. The maximum atomic E-state index is 15.1. The fraction of sp³-hybridized carbons (Fsp3) is 0.923. The molecule has 6 nitrogen and oxygen atoms in total. The lowest BCUT2D eigenvalue weighted by Gasteiger charge is -2.42. The summed E-state index contributed by atoms with van der Waals surface area (Å²) in [6, 6.07) is -0.295. The van der Waals surface area contributed by atoms with Crippen LogP contribution >= 0.6 is 0 Å². The Hall–Kier alpha value is -1.21. The van der Waals surface area contributed by atoms with Crippen LogP contribution in [0.2, 0.25) is 0 Å². The summed E-state index contributed by atoms with van der Waals surface area (Å²) in [4.78, 5) is 25.5. The summed E-state index contributed by atoms with van der Waals surface area (Å²) < 4.78 is 15.1. The molecule has 2 amide bonds. The van der Waals surface area contributed by atoms with Gasteiger partial charge in [-0.1, -0.05) is 0 Å². The highest BCUT2D eigenvalue weighted by molar-refractivity contribution is 5.82. The van der Waals surface area contributed by atoms with Gasteiger partial charge in [-0.05, 0) is 120 Å². The molecule has 7 atom stereocenters. The molecule has 2 saturated heterocycles. The van der Waals surface area contributed by atoms with Crippen LogP contribution in [0.25, 0.3) is 0 Å². The number of alkyl halides is 1. The molecule has 0 aromatic carbocycles. The van der Waals surface area contributed by atoms with Crippen molar-refractivity contribution in [3.05, 3.63) is 0 Å². The van der Waals surface area contributed by atoms with Crippen LogP contribution in [0.3, 0.4) is 0 Å². The number of amides is 2. The molecule has 2 aliphatic heterocycles. The van der Waals surface area contributed by atoms with Gasteiger partial charge in [-0.15, -0.1) is 0 Å². The first-order chi connectivity index (χ1) is 16.1. The number of fused-ring (bicyclic) bond motifs is 1. The van der Waals surface area contributed by atoms with E-state index in [4.69, 9.17) is 0 Å². The van der Waals surface area contributed by atoms with Gasteiger partial charge in [0, 0.05) is 18.4 Å². The molecule has 0 aromatic rings. The van der Waals surface area contributed by atoms with Gasteiger partial charge in [0.1, 0.15) is 6.17 Å². The van der Waals surface area contributed by atoms with E-state index in [2.05, 4.69) is 21.3 Å². The van der Waals surface area contributed by atoms with Gasteiger partial charge in [0.15, 0.2) is 0 Å². The Bertz CT molecular complexity index is 692. The monoisotopic (exact) mass is 462 g/mol. The van der Waals surface area contributed by atoms with Crippen molar-refractivity contribution in [2.24, 2.45) is 41.4 Å². The van der Waals surface area contributed by atoms with Crippen LogP contribution in [0.5, 0.6) is 0 Å². The molecule has 2 heterocycles. The van der Waals surface area contributed by atoms with Crippen LogP contribution in [0.15, 0.2) is 0 Å². The van der Waals surface area contributed by atoms with Crippen LogP contribution in [0.4, 0.5) is 4.39 Å². The molecule has 5 unspecified atom stereocenters. The lowest BCUT2D eigenvalue weighted by atomic mass is 9.72. The van der Waals surface area contributed by atoms with E-state index >= 15 is 4.39 Å². The van der Waals surface area contributed by atoms with Crippen molar-refractivity contribution in [3.63, 3.8) is 0 Å². The SMILES string of the molecule is O=C(NCC1CCCNC1)C1CCC([C@@H]2C[C@H]2C(=O)NC2CCC3CNCCC3C2F)CC1. The molecular formula is C26H43FN4O2. The Kier molecular flexibility index (Phi) is 7.55. The Morgan fingerprint density at radius 2 is 1.61 bits per heavy atom. The smallest absolute Gasteiger partial charge is 0.223 e. The summed E-state index contributed by atoms with van der Waals surface area (Å²) in [5.41, 5.74) is 0. The highest BCUT2D eigenvalue weighted by atomic mass is 19.1. The minimum absolute atomic E-state index is 0.0668. The molecule has 5 aliphatic rings. The lowest BCUT2D eigenvalue weighted by molar-refractivity contribution is -0.127. The third kappa shape index (κ3) is 5.55. The number of hydrogen-bond acceptors (Lipinski definition) is 4. The number of carbonyl (C=O) groups is 2. The Morgan fingerprint density at radius 1 is 0.818 bits per heavy atom. The standard InChI is InChI=1S/C26H43FN4O2/c27-24-20-9-11-29-15-19(20)7-8-23(24)31-26(33)22-12-21(22)17-3-5-18(6-4-17)25(32)30-14-16-2-1-10-28-13-16/h16-24,28-29H,1-15H2,(H,30,32)(H,31,33)/t16?,17?,18?,19?,20?,21-,22+,23?,24?/m0/s1. The number of rotatable bonds is 6. The number of nitrogens with one attached hydrogen (secondary N) is 4. The average molecular weight is 463 g/mol. The second-order valence-corrected chi connectivity index (χ2v) is 11.6. The molecule has 4 N–H and O–H groups in total. The zero-order valence-corrected chi connectivity index (χ0v) is 20.0. The summed E-state index contributed by atoms with van der Waals surface area (Å²) in [5, 5.41) is 13.1. The summed E-state index contributed by atoms with van der Waals surface area (Å²) in [7, 11) is 0. The first-order valence-corrected chi connectivity index (χ1v) is 13.7. The van der Waals surface area contributed by atoms with E-state index in [1.807, 2.05) is 0 Å². The molecule has 186 valence electrons. The normalized spacial score (nSPS) is 43.2. The van der Waals surface area contributed by atoms with Crippen molar-refractivity contribution in [1.29, 1.82) is 0 Å². The number of carbonyl (C=O) groups excluding carboxylic acids is 2. The lowest BCUT2D eigenvalue weighted by Crippen LogP contribution is -2.54. The average Bonchev–Trinajstić information content (AvgIpc) is 3.66. The topological polar surface area (TPSA) is 82.3 Å². The van der Waals surface area contributed by atoms with Gasteiger partial charge in [-0.25, -0.2) is 4.39 Å². The van der Waals surface area contributed by atoms with E-state index in [0.717, 1.165) is 84.1 Å². The first kappa shape index (κ1) is 23.5. The fourth-order valence-corrected chi connectivity index (χ4v) is 7.31. The molecule has 33 heavy (non-hydrogen) atoms. The van der Waals surface area contributed by atoms with E-state index in [9.17, 15) is 9.59 Å². The first-order valence-electron chi connectivity index (χ1n) is 13.7. The molecular weight excluding hydrogens is 419 g/mol. The zero-order valence-electron chi connectivity index (χ0n) is 20.0. The number of hydrogen-bond donors (Lipinski definition) is 4. The zero-order chi connectivity index (χ0) is 22.8. The van der Waals surface area contributed by atoms with Crippen molar-refractivity contribution < 1.29 is 14.0 Å². The highest BCUT2D eigenvalue weighted by Crippen LogP contribution is 2.50. The predicted octanol–water partition coefficient (Wildman–Crippen LogP) is 2.39. The molecule has 0 bridgehead atoms. The van der Waals surface area contributed by atoms with Crippen LogP contribution in [0, 0.1) is 41.4 Å². The van der Waals surface area contributed by atoms with Gasteiger partial charge in [-0.3, -0.25) is 9.59 Å². The third-order valence-electron chi connectivity index (χ3n) is 9.52. The minimum atomic E-state index is -0.898. The van der Waals surface area contributed by atoms with E-state index in [1.54, 1.807) is 0 Å². The van der Waals surface area contributed by atoms with Crippen LogP contribution < -0.4 is 21.3 Å². The number of halogens is 1. The maximum absolute atomic E-state index is 15.1. The van der Waals surface area contributed by atoms with Gasteiger partial charge in [0.2, 0.25) is 11.8 Å². The highest BCUT2D eigenvalue weighted by Gasteiger charge is 2.50. The van der Waals surface area contributed by atoms with E-state index in [-0.39, 0.29) is 35.6 Å². The summed E-state index contributed by atoms with van der Waals surface area (Å²) in [5.74, 6) is 2.61. The van der Waals surface area contributed by atoms with Crippen molar-refractivity contribution in [3.8, 4) is 0 Å². The molecule has 3 saturated carbocycles. The molecule has 7 heteroatoms. The molecule has 3 aliphatic carbocycles. The van der Waals surface area contributed by atoms with E-state index < -0.39 is 6.17 Å². The van der Waals surface area contributed by atoms with Crippen LogP contribution in [-0.4, -0.2) is 56.8 Å². The maximum Gasteiger partial charge on any atom is 0.223 e. The molecule has 5 rings (SSSR count). The molecule has 5 fully saturated rings. The minimum Gasteiger partial charge on any atom is -0.356 e. The van der Waals surface area contributed by atoms with Gasteiger partial charge in [0.25, 0.3) is 0 Å². The van der Waals surface area contributed by atoms with Crippen LogP contribution in [-0.2, 0) is 9.59 Å². The summed E-state index contributed by atoms with van der Waals surface area (Å²) in [6.45, 7) is 4.73. The van der Waals surface area contributed by atoms with Crippen molar-refractivity contribution in [2.45, 2.75) is 76.4 Å². The van der Waals surface area contributed by atoms with Gasteiger partial charge < -0.3 is 21.3 Å². The Balaban J connectivity index is 1.02. The van der Waals surface area contributed by atoms with Crippen LogP contribution in [0.1, 0.15) is 64.2 Å². The van der Waals surface area contributed by atoms with E-state index in [0.29, 0.717) is 23.7 Å². The fourth-order valence-electron chi connectivity index (χ4n) is 7.31. The predicted molar refractivity (Wildman–Crippen MR) is 126 cm³/mol. The third-order valence-corrected chi connectivity index (χ3v) is 9.52. The van der Waals surface area contributed by atoms with Crippen molar-refractivity contribution in [2.75, 3.05) is 32.7 Å². The second-order valence-electron chi connectivity index (χ2n) is 11.6. The second kappa shape index (κ2) is 10.6. The largest absolute Gasteiger partial charge is 0.356 e. The van der Waals surface area contributed by atoms with Gasteiger partial charge >= 0.3 is 0 Å². The van der Waals surface area contributed by atoms with Crippen molar-refractivity contribution in [1.82, 2.24) is 21.3 Å². The summed E-state index contributed by atoms with van der Waals surface area (Å²) in [6.07, 6.45) is 9.09. The Labute approximate surface area is 198 Å². The molecule has 0 spiro atoms. The van der Waals surface area contributed by atoms with Gasteiger partial charge in [0.05, 0.1) is 6.04 Å². The molecule has 0 aromatic heterocycles. The van der Waals surface area contributed by atoms with Gasteiger partial charge in [-0.2, -0.15) is 0 Å². The van der Waals surface area contributed by atoms with E-state index in [1.165, 1.54) is 12.8 Å². The molecule has 0 radical (unpaired) electrons. The quantitative estimate of drug-likeness (QED) is 0.489.